The average Bonchev–Trinajstić information content (AvgIpc) is 3.49. The van der Waals surface area contributed by atoms with Crippen molar-refractivity contribution in [1.82, 2.24) is 4.90 Å². The zero-order valence-corrected chi connectivity index (χ0v) is 21.8. The van der Waals surface area contributed by atoms with E-state index in [4.69, 9.17) is 9.41 Å². The highest BCUT2D eigenvalue weighted by atomic mass is 32.2. The fourth-order valence-corrected chi connectivity index (χ4v) is 5.08. The van der Waals surface area contributed by atoms with E-state index < -0.39 is 4.92 Å². The van der Waals surface area contributed by atoms with Gasteiger partial charge in [0.25, 0.3) is 11.6 Å². The number of amides is 1. The number of carbonyl (C=O) groups is 1. The maximum Gasteiger partial charge on any atom is 0.273 e. The van der Waals surface area contributed by atoms with Crippen molar-refractivity contribution >= 4 is 40.3 Å². The molecular formula is C30H25N3O4S. The molecule has 1 saturated heterocycles. The van der Waals surface area contributed by atoms with E-state index in [0.29, 0.717) is 45.7 Å². The van der Waals surface area contributed by atoms with Gasteiger partial charge in [-0.1, -0.05) is 60.2 Å². The van der Waals surface area contributed by atoms with Crippen LogP contribution in [0.25, 0.3) is 17.4 Å². The molecule has 190 valence electrons. The molecule has 0 radical (unpaired) electrons. The normalized spacial score (nSPS) is 15.5. The molecule has 0 N–H and O–H groups in total. The van der Waals surface area contributed by atoms with Gasteiger partial charge < -0.3 is 4.42 Å². The fourth-order valence-electron chi connectivity index (χ4n) is 4.08. The number of aryl methyl sites for hydroxylation is 2. The van der Waals surface area contributed by atoms with Crippen LogP contribution in [0.3, 0.4) is 0 Å². The molecule has 1 aliphatic rings. The first-order chi connectivity index (χ1) is 18.4. The Bertz CT molecular complexity index is 1560. The molecule has 2 heterocycles. The highest BCUT2D eigenvalue weighted by Gasteiger charge is 2.33. The maximum absolute atomic E-state index is 13.5. The van der Waals surface area contributed by atoms with E-state index in [1.807, 2.05) is 61.5 Å². The molecule has 0 unspecified atom stereocenters. The van der Waals surface area contributed by atoms with Crippen LogP contribution < -0.4 is 0 Å². The van der Waals surface area contributed by atoms with Crippen LogP contribution in [-0.2, 0) is 11.2 Å². The second-order valence-corrected chi connectivity index (χ2v) is 10.0. The number of carbonyl (C=O) groups excluding carboxylic acids is 1. The summed E-state index contributed by atoms with van der Waals surface area (Å²) in [5.74, 6) is 0.837. The number of thioether (sulfide) groups is 1. The van der Waals surface area contributed by atoms with Crippen LogP contribution >= 0.6 is 11.8 Å². The zero-order valence-electron chi connectivity index (χ0n) is 21.0. The quantitative estimate of drug-likeness (QED) is 0.144. The summed E-state index contributed by atoms with van der Waals surface area (Å²) in [7, 11) is 0. The van der Waals surface area contributed by atoms with Gasteiger partial charge >= 0.3 is 0 Å². The first kappa shape index (κ1) is 25.2. The lowest BCUT2D eigenvalue weighted by atomic mass is 10.1. The lowest BCUT2D eigenvalue weighted by molar-refractivity contribution is -0.385. The van der Waals surface area contributed by atoms with Crippen molar-refractivity contribution in [2.24, 2.45) is 4.99 Å². The van der Waals surface area contributed by atoms with Crippen LogP contribution in [-0.4, -0.2) is 27.4 Å². The van der Waals surface area contributed by atoms with Gasteiger partial charge in [-0.05, 0) is 61.9 Å². The summed E-state index contributed by atoms with van der Waals surface area (Å²) in [5, 5.41) is 12.0. The van der Waals surface area contributed by atoms with E-state index in [1.54, 1.807) is 42.2 Å². The van der Waals surface area contributed by atoms with Crippen molar-refractivity contribution in [3.8, 4) is 11.3 Å². The van der Waals surface area contributed by atoms with Crippen molar-refractivity contribution in [2.45, 2.75) is 20.3 Å². The van der Waals surface area contributed by atoms with E-state index in [1.165, 1.54) is 17.8 Å². The van der Waals surface area contributed by atoms with Crippen LogP contribution in [0.1, 0.15) is 22.5 Å². The summed E-state index contributed by atoms with van der Waals surface area (Å²) >= 11 is 1.31. The van der Waals surface area contributed by atoms with E-state index in [0.717, 1.165) is 16.8 Å². The number of nitro benzene ring substituents is 1. The number of benzene rings is 3. The summed E-state index contributed by atoms with van der Waals surface area (Å²) < 4.78 is 5.96. The van der Waals surface area contributed by atoms with Gasteiger partial charge in [-0.25, -0.2) is 4.99 Å². The van der Waals surface area contributed by atoms with Crippen LogP contribution in [0.2, 0.25) is 0 Å². The van der Waals surface area contributed by atoms with E-state index in [9.17, 15) is 14.9 Å². The standard InChI is InChI=1S/C30H25N3O4S/c1-20-8-12-24(13-9-20)31-30-32(17-16-22-6-4-3-5-7-22)29(34)28(38-30)19-25-14-15-27(37-25)23-11-10-21(2)26(18-23)33(35)36/h3-15,18-19H,16-17H2,1-2H3/b28-19+,31-30?. The van der Waals surface area contributed by atoms with Gasteiger partial charge in [0.15, 0.2) is 5.17 Å². The Hall–Kier alpha value is -4.43. The number of nitro groups is 1. The maximum atomic E-state index is 13.5. The molecule has 0 atom stereocenters. The van der Waals surface area contributed by atoms with Crippen molar-refractivity contribution < 1.29 is 14.1 Å². The Morgan fingerprint density at radius 3 is 2.50 bits per heavy atom. The molecule has 8 heteroatoms. The molecular weight excluding hydrogens is 498 g/mol. The van der Waals surface area contributed by atoms with E-state index in [2.05, 4.69) is 0 Å². The van der Waals surface area contributed by atoms with Crippen LogP contribution in [0.4, 0.5) is 11.4 Å². The number of hydrogen-bond acceptors (Lipinski definition) is 6. The summed E-state index contributed by atoms with van der Waals surface area (Å²) in [6.07, 6.45) is 2.40. The van der Waals surface area contributed by atoms with Gasteiger partial charge in [-0.2, -0.15) is 0 Å². The predicted molar refractivity (Wildman–Crippen MR) is 151 cm³/mol. The van der Waals surface area contributed by atoms with E-state index in [-0.39, 0.29) is 11.6 Å². The molecule has 1 aliphatic heterocycles. The summed E-state index contributed by atoms with van der Waals surface area (Å²) in [4.78, 5) is 31.4. The number of nitrogens with zero attached hydrogens (tertiary/aromatic N) is 3. The van der Waals surface area contributed by atoms with Crippen LogP contribution in [0.5, 0.6) is 0 Å². The molecule has 3 aromatic carbocycles. The second kappa shape index (κ2) is 10.9. The summed E-state index contributed by atoms with van der Waals surface area (Å²) in [5.41, 5.74) is 4.27. The first-order valence-electron chi connectivity index (χ1n) is 12.1. The molecule has 0 saturated carbocycles. The minimum Gasteiger partial charge on any atom is -0.457 e. The largest absolute Gasteiger partial charge is 0.457 e. The molecule has 0 bridgehead atoms. The van der Waals surface area contributed by atoms with Gasteiger partial charge in [0.2, 0.25) is 0 Å². The summed E-state index contributed by atoms with van der Waals surface area (Å²) in [6, 6.07) is 26.4. The SMILES string of the molecule is Cc1ccc(N=C2S/C(=C/c3ccc(-c4ccc(C)c([N+](=O)[O-])c4)o3)C(=O)N2CCc2ccccc2)cc1. The third-order valence-electron chi connectivity index (χ3n) is 6.20. The van der Waals surface area contributed by atoms with Crippen LogP contribution in [0, 0.1) is 24.0 Å². The zero-order chi connectivity index (χ0) is 26.6. The van der Waals surface area contributed by atoms with Gasteiger partial charge in [-0.3, -0.25) is 19.8 Å². The minimum atomic E-state index is -0.405. The lowest BCUT2D eigenvalue weighted by Gasteiger charge is -2.15. The summed E-state index contributed by atoms with van der Waals surface area (Å²) in [6.45, 7) is 4.21. The molecule has 1 aromatic heterocycles. The topological polar surface area (TPSA) is 89.0 Å². The molecule has 5 rings (SSSR count). The molecule has 0 aliphatic carbocycles. The monoisotopic (exact) mass is 523 g/mol. The molecule has 7 nitrogen and oxygen atoms in total. The fraction of sp³-hybridized carbons (Fsp3) is 0.133. The molecule has 0 spiro atoms. The Labute approximate surface area is 224 Å². The molecule has 4 aromatic rings. The number of rotatable bonds is 7. The molecule has 1 fully saturated rings. The van der Waals surface area contributed by atoms with Crippen molar-refractivity contribution in [1.29, 1.82) is 0 Å². The third-order valence-corrected chi connectivity index (χ3v) is 7.21. The average molecular weight is 524 g/mol. The molecule has 38 heavy (non-hydrogen) atoms. The highest BCUT2D eigenvalue weighted by molar-refractivity contribution is 8.18. The lowest BCUT2D eigenvalue weighted by Crippen LogP contribution is -2.31. The minimum absolute atomic E-state index is 0.0337. The van der Waals surface area contributed by atoms with E-state index >= 15 is 0 Å². The van der Waals surface area contributed by atoms with Crippen molar-refractivity contribution in [3.05, 3.63) is 122 Å². The number of amidine groups is 1. The third kappa shape index (κ3) is 5.60. The van der Waals surface area contributed by atoms with Crippen molar-refractivity contribution in [2.75, 3.05) is 6.54 Å². The van der Waals surface area contributed by atoms with Gasteiger partial charge in [0.1, 0.15) is 11.5 Å². The highest BCUT2D eigenvalue weighted by Crippen LogP contribution is 2.36. The first-order valence-corrected chi connectivity index (χ1v) is 12.9. The Morgan fingerprint density at radius 2 is 1.76 bits per heavy atom. The molecule has 1 amide bonds. The van der Waals surface area contributed by atoms with Gasteiger partial charge in [-0.15, -0.1) is 0 Å². The number of hydrogen-bond donors (Lipinski definition) is 0. The van der Waals surface area contributed by atoms with Crippen LogP contribution in [0.15, 0.2) is 99.2 Å². The van der Waals surface area contributed by atoms with Crippen molar-refractivity contribution in [3.63, 3.8) is 0 Å². The number of furan rings is 1. The Balaban J connectivity index is 1.43. The Morgan fingerprint density at radius 1 is 1.00 bits per heavy atom. The Kier molecular flexibility index (Phi) is 7.24. The second-order valence-electron chi connectivity index (χ2n) is 8.99. The number of aliphatic imine (C=N–C) groups is 1. The predicted octanol–water partition coefficient (Wildman–Crippen LogP) is 7.32. The van der Waals surface area contributed by atoms with Gasteiger partial charge in [0, 0.05) is 29.8 Å². The van der Waals surface area contributed by atoms with Gasteiger partial charge in [0.05, 0.1) is 15.5 Å². The smallest absolute Gasteiger partial charge is 0.273 e.